The van der Waals surface area contributed by atoms with E-state index in [0.717, 1.165) is 17.7 Å². The van der Waals surface area contributed by atoms with Crippen LogP contribution in [0.5, 0.6) is 0 Å². The molecule has 0 spiro atoms. The van der Waals surface area contributed by atoms with Crippen LogP contribution >= 0.6 is 0 Å². The van der Waals surface area contributed by atoms with Crippen molar-refractivity contribution in [1.82, 2.24) is 19.7 Å². The van der Waals surface area contributed by atoms with Gasteiger partial charge in [-0.05, 0) is 36.8 Å². The Bertz CT molecular complexity index is 1580. The topological polar surface area (TPSA) is 108 Å². The van der Waals surface area contributed by atoms with Gasteiger partial charge in [-0.25, -0.2) is 9.78 Å². The van der Waals surface area contributed by atoms with Crippen molar-refractivity contribution in [3.8, 4) is 0 Å². The molecule has 0 bridgehead atoms. The molecule has 2 aromatic heterocycles. The predicted molar refractivity (Wildman–Crippen MR) is 139 cm³/mol. The Labute approximate surface area is 221 Å². The molecule has 0 fully saturated rings. The van der Waals surface area contributed by atoms with Gasteiger partial charge in [-0.1, -0.05) is 18.2 Å². The molecule has 10 nitrogen and oxygen atoms in total. The van der Waals surface area contributed by atoms with Crippen LogP contribution in [0.4, 0.5) is 46.9 Å². The number of amides is 3. The SMILES string of the molecule is Cc1ccc(NC(=O)c2ccccc2C(F)(F)F)cc1N1Cc2cnc(Nc3ccnn3C)nc2N(C)C1=O. The second-order valence-electron chi connectivity index (χ2n) is 8.93. The Morgan fingerprint density at radius 2 is 1.85 bits per heavy atom. The van der Waals surface area contributed by atoms with Crippen molar-refractivity contribution in [2.24, 2.45) is 7.05 Å². The minimum atomic E-state index is -4.68. The minimum Gasteiger partial charge on any atom is -0.322 e. The van der Waals surface area contributed by atoms with Crippen LogP contribution in [0.15, 0.2) is 60.9 Å². The summed E-state index contributed by atoms with van der Waals surface area (Å²) in [4.78, 5) is 37.9. The Balaban J connectivity index is 1.41. The third-order valence-corrected chi connectivity index (χ3v) is 6.30. The number of rotatable bonds is 5. The maximum atomic E-state index is 13.4. The van der Waals surface area contributed by atoms with E-state index in [0.29, 0.717) is 28.8 Å². The summed E-state index contributed by atoms with van der Waals surface area (Å²) in [6, 6.07) is 10.8. The van der Waals surface area contributed by atoms with E-state index in [9.17, 15) is 22.8 Å². The molecule has 0 saturated carbocycles. The summed E-state index contributed by atoms with van der Waals surface area (Å²) in [6.45, 7) is 1.94. The third kappa shape index (κ3) is 4.98. The fourth-order valence-corrected chi connectivity index (χ4v) is 4.27. The van der Waals surface area contributed by atoms with Gasteiger partial charge in [-0.15, -0.1) is 0 Å². The molecule has 4 aromatic rings. The Hall–Kier alpha value is -4.94. The van der Waals surface area contributed by atoms with E-state index < -0.39 is 23.2 Å². The van der Waals surface area contributed by atoms with Gasteiger partial charge < -0.3 is 10.6 Å². The summed E-state index contributed by atoms with van der Waals surface area (Å²) in [5, 5.41) is 9.67. The van der Waals surface area contributed by atoms with Crippen LogP contribution < -0.4 is 20.4 Å². The average Bonchev–Trinajstić information content (AvgIpc) is 3.31. The number of hydrogen-bond acceptors (Lipinski definition) is 6. The van der Waals surface area contributed by atoms with E-state index in [2.05, 4.69) is 25.7 Å². The molecule has 0 saturated heterocycles. The van der Waals surface area contributed by atoms with Gasteiger partial charge in [0.25, 0.3) is 5.91 Å². The number of urea groups is 1. The summed E-state index contributed by atoms with van der Waals surface area (Å²) in [5.41, 5.74) is 0.603. The first-order valence-corrected chi connectivity index (χ1v) is 11.8. The minimum absolute atomic E-state index is 0.152. The number of nitrogens with one attached hydrogen (secondary N) is 2. The first kappa shape index (κ1) is 25.7. The van der Waals surface area contributed by atoms with Gasteiger partial charge >= 0.3 is 12.2 Å². The van der Waals surface area contributed by atoms with Gasteiger partial charge in [-0.2, -0.15) is 23.3 Å². The van der Waals surface area contributed by atoms with Crippen LogP contribution in [0, 0.1) is 6.92 Å². The number of anilines is 5. The molecular weight excluding hydrogens is 513 g/mol. The second kappa shape index (κ2) is 9.74. The fraction of sp³-hybridized carbons (Fsp3) is 0.192. The lowest BCUT2D eigenvalue weighted by molar-refractivity contribution is -0.137. The quantitative estimate of drug-likeness (QED) is 0.367. The van der Waals surface area contributed by atoms with E-state index in [1.165, 1.54) is 21.9 Å². The van der Waals surface area contributed by atoms with Crippen LogP contribution in [0.1, 0.15) is 27.0 Å². The molecule has 5 rings (SSSR count). The molecule has 200 valence electrons. The smallest absolute Gasteiger partial charge is 0.322 e. The van der Waals surface area contributed by atoms with Crippen LogP contribution in [0.2, 0.25) is 0 Å². The maximum absolute atomic E-state index is 13.4. The number of alkyl halides is 3. The van der Waals surface area contributed by atoms with E-state index >= 15 is 0 Å². The highest BCUT2D eigenvalue weighted by molar-refractivity contribution is 6.08. The third-order valence-electron chi connectivity index (χ3n) is 6.30. The van der Waals surface area contributed by atoms with E-state index in [1.807, 2.05) is 0 Å². The van der Waals surface area contributed by atoms with Crippen LogP contribution in [-0.2, 0) is 19.8 Å². The molecule has 0 unspecified atom stereocenters. The fourth-order valence-electron chi connectivity index (χ4n) is 4.27. The number of carbonyl (C=O) groups is 2. The van der Waals surface area contributed by atoms with Crippen molar-refractivity contribution < 1.29 is 22.8 Å². The Morgan fingerprint density at radius 1 is 1.08 bits per heavy atom. The zero-order chi connectivity index (χ0) is 27.9. The molecule has 2 aromatic carbocycles. The van der Waals surface area contributed by atoms with E-state index in [4.69, 9.17) is 0 Å². The summed E-state index contributed by atoms with van der Waals surface area (Å²) in [6.07, 6.45) is -1.44. The maximum Gasteiger partial charge on any atom is 0.417 e. The summed E-state index contributed by atoms with van der Waals surface area (Å²) >= 11 is 0. The number of halogens is 3. The van der Waals surface area contributed by atoms with Gasteiger partial charge in [0, 0.05) is 37.6 Å². The van der Waals surface area contributed by atoms with Crippen molar-refractivity contribution in [3.05, 3.63) is 83.2 Å². The van der Waals surface area contributed by atoms with Gasteiger partial charge in [0.05, 0.1) is 29.6 Å². The number of benzene rings is 2. The van der Waals surface area contributed by atoms with Crippen LogP contribution in [-0.4, -0.2) is 38.7 Å². The Morgan fingerprint density at radius 3 is 2.56 bits per heavy atom. The highest BCUT2D eigenvalue weighted by atomic mass is 19.4. The highest BCUT2D eigenvalue weighted by Gasteiger charge is 2.35. The number of nitrogens with zero attached hydrogens (tertiary/aromatic N) is 6. The predicted octanol–water partition coefficient (Wildman–Crippen LogP) is 5.11. The zero-order valence-corrected chi connectivity index (χ0v) is 21.1. The van der Waals surface area contributed by atoms with Gasteiger partial charge in [0.2, 0.25) is 5.95 Å². The number of hydrogen-bond donors (Lipinski definition) is 2. The zero-order valence-electron chi connectivity index (χ0n) is 21.1. The van der Waals surface area contributed by atoms with Gasteiger partial charge in [0.1, 0.15) is 11.6 Å². The van der Waals surface area contributed by atoms with Crippen molar-refractivity contribution in [3.63, 3.8) is 0 Å². The summed E-state index contributed by atoms with van der Waals surface area (Å²) in [5.74, 6) is 0.494. The number of aromatic nitrogens is 4. The largest absolute Gasteiger partial charge is 0.417 e. The molecule has 1 aliphatic rings. The number of carbonyl (C=O) groups excluding carboxylic acids is 2. The van der Waals surface area contributed by atoms with Crippen LogP contribution in [0.25, 0.3) is 0 Å². The molecular formula is C26H23F3N8O2. The standard InChI is InChI=1S/C26H23F3N8O2/c1-15-8-9-17(32-23(38)18-6-4-5-7-19(18)26(27,28)29)12-20(15)37-14-16-13-30-24(33-21-10-11-31-36(21)3)34-22(16)35(2)25(37)39/h4-13H,14H2,1-3H3,(H,32,38)(H,30,33,34). The molecule has 13 heteroatoms. The first-order chi connectivity index (χ1) is 18.5. The highest BCUT2D eigenvalue weighted by Crippen LogP contribution is 2.35. The van der Waals surface area contributed by atoms with Crippen LogP contribution in [0.3, 0.4) is 0 Å². The molecule has 3 amide bonds. The summed E-state index contributed by atoms with van der Waals surface area (Å²) < 4.78 is 41.8. The average molecular weight is 537 g/mol. The lowest BCUT2D eigenvalue weighted by Crippen LogP contribution is -2.46. The second-order valence-corrected chi connectivity index (χ2v) is 8.93. The van der Waals surface area contributed by atoms with Crippen molar-refractivity contribution >= 4 is 40.9 Å². The number of fused-ring (bicyclic) bond motifs is 1. The Kier molecular flexibility index (Phi) is 6.42. The van der Waals surface area contributed by atoms with E-state index in [1.54, 1.807) is 62.4 Å². The molecule has 3 heterocycles. The summed E-state index contributed by atoms with van der Waals surface area (Å²) in [7, 11) is 3.35. The molecule has 0 radical (unpaired) electrons. The van der Waals surface area contributed by atoms with Crippen molar-refractivity contribution in [2.75, 3.05) is 27.5 Å². The molecule has 2 N–H and O–H groups in total. The van der Waals surface area contributed by atoms with Crippen molar-refractivity contribution in [2.45, 2.75) is 19.6 Å². The number of aryl methyl sites for hydroxylation is 2. The van der Waals surface area contributed by atoms with E-state index in [-0.39, 0.29) is 18.3 Å². The molecule has 39 heavy (non-hydrogen) atoms. The monoisotopic (exact) mass is 536 g/mol. The molecule has 0 atom stereocenters. The molecule has 0 aliphatic carbocycles. The normalized spacial score (nSPS) is 13.3. The lowest BCUT2D eigenvalue weighted by atomic mass is 10.1. The van der Waals surface area contributed by atoms with Crippen molar-refractivity contribution in [1.29, 1.82) is 0 Å². The molecule has 1 aliphatic heterocycles. The van der Waals surface area contributed by atoms with Gasteiger partial charge in [-0.3, -0.25) is 19.3 Å². The first-order valence-electron chi connectivity index (χ1n) is 11.8. The lowest BCUT2D eigenvalue weighted by Gasteiger charge is -2.35. The van der Waals surface area contributed by atoms with Gasteiger partial charge in [0.15, 0.2) is 0 Å².